The van der Waals surface area contributed by atoms with Crippen LogP contribution in [0, 0.1) is 0 Å². The first kappa shape index (κ1) is 18.7. The average molecular weight is 380 g/mol. The fourth-order valence-corrected chi connectivity index (χ4v) is 3.76. The van der Waals surface area contributed by atoms with E-state index >= 15 is 0 Å². The van der Waals surface area contributed by atoms with Gasteiger partial charge in [-0.1, -0.05) is 23.2 Å². The van der Waals surface area contributed by atoms with Crippen LogP contribution >= 0.6 is 35.6 Å². The molecule has 2 aliphatic heterocycles. The minimum Gasteiger partial charge on any atom is -0.479 e. The van der Waals surface area contributed by atoms with Gasteiger partial charge in [-0.25, -0.2) is 0 Å². The van der Waals surface area contributed by atoms with Crippen LogP contribution in [0.1, 0.15) is 32.6 Å². The average Bonchev–Trinajstić information content (AvgIpc) is 2.81. The summed E-state index contributed by atoms with van der Waals surface area (Å²) in [5, 5.41) is 7.61. The number of halogens is 3. The Hall–Kier alpha value is -0.680. The standard InChI is InChI=1S/C16H20Cl2N2O2.ClH/c1-9(22-15-5-2-10(17)6-14(15)18)16(21)20-13-7-11-3-4-12(8-13)19-11;/h2,5-6,9,11-13,19H,3-4,7-8H2,1H3,(H,20,21);1H. The van der Waals surface area contributed by atoms with Gasteiger partial charge in [0.2, 0.25) is 0 Å². The fraction of sp³-hybridized carbons (Fsp3) is 0.562. The highest BCUT2D eigenvalue weighted by Gasteiger charge is 2.34. The lowest BCUT2D eigenvalue weighted by Gasteiger charge is -2.30. The zero-order chi connectivity index (χ0) is 15.7. The van der Waals surface area contributed by atoms with Gasteiger partial charge in [-0.2, -0.15) is 0 Å². The van der Waals surface area contributed by atoms with E-state index in [1.165, 1.54) is 12.8 Å². The summed E-state index contributed by atoms with van der Waals surface area (Å²) in [6.07, 6.45) is 3.83. The molecule has 1 amide bonds. The smallest absolute Gasteiger partial charge is 0.260 e. The summed E-state index contributed by atoms with van der Waals surface area (Å²) in [7, 11) is 0. The molecule has 2 N–H and O–H groups in total. The maximum atomic E-state index is 12.3. The van der Waals surface area contributed by atoms with E-state index in [0.717, 1.165) is 12.8 Å². The number of piperidine rings is 1. The van der Waals surface area contributed by atoms with E-state index in [1.54, 1.807) is 25.1 Å². The number of benzene rings is 1. The van der Waals surface area contributed by atoms with Crippen LogP contribution in [0.4, 0.5) is 0 Å². The molecule has 2 fully saturated rings. The molecule has 2 saturated heterocycles. The maximum Gasteiger partial charge on any atom is 0.260 e. The first-order valence-corrected chi connectivity index (χ1v) is 8.45. The molecule has 0 aromatic heterocycles. The number of fused-ring (bicyclic) bond motifs is 2. The van der Waals surface area contributed by atoms with Crippen molar-refractivity contribution in [2.45, 2.75) is 56.8 Å². The number of carbonyl (C=O) groups excluding carboxylic acids is 1. The minimum atomic E-state index is -0.591. The van der Waals surface area contributed by atoms with Crippen molar-refractivity contribution in [1.29, 1.82) is 0 Å². The Morgan fingerprint density at radius 2 is 1.96 bits per heavy atom. The molecule has 0 saturated carbocycles. The van der Waals surface area contributed by atoms with Gasteiger partial charge in [0.05, 0.1) is 5.02 Å². The molecule has 2 aliphatic rings. The van der Waals surface area contributed by atoms with Crippen molar-refractivity contribution in [1.82, 2.24) is 10.6 Å². The highest BCUT2D eigenvalue weighted by Crippen LogP contribution is 2.29. The minimum absolute atomic E-state index is 0. The molecule has 23 heavy (non-hydrogen) atoms. The molecule has 7 heteroatoms. The molecule has 1 aromatic rings. The van der Waals surface area contributed by atoms with Crippen molar-refractivity contribution in [3.63, 3.8) is 0 Å². The van der Waals surface area contributed by atoms with Gasteiger partial charge in [-0.3, -0.25) is 4.79 Å². The third kappa shape index (κ3) is 4.66. The number of ether oxygens (including phenoxy) is 1. The Bertz CT molecular complexity index is 558. The summed E-state index contributed by atoms with van der Waals surface area (Å²) in [6.45, 7) is 1.73. The van der Waals surface area contributed by atoms with E-state index in [2.05, 4.69) is 10.6 Å². The molecule has 128 valence electrons. The summed E-state index contributed by atoms with van der Waals surface area (Å²) in [6, 6.07) is 6.31. The predicted molar refractivity (Wildman–Crippen MR) is 94.9 cm³/mol. The van der Waals surface area contributed by atoms with Gasteiger partial charge < -0.3 is 15.4 Å². The van der Waals surface area contributed by atoms with Crippen LogP contribution in [0.3, 0.4) is 0 Å². The zero-order valence-electron chi connectivity index (χ0n) is 12.9. The largest absolute Gasteiger partial charge is 0.479 e. The van der Waals surface area contributed by atoms with Gasteiger partial charge in [0.25, 0.3) is 5.91 Å². The van der Waals surface area contributed by atoms with Crippen molar-refractivity contribution in [3.05, 3.63) is 28.2 Å². The Kier molecular flexibility index (Phi) is 6.43. The van der Waals surface area contributed by atoms with E-state index in [-0.39, 0.29) is 24.4 Å². The first-order chi connectivity index (χ1) is 10.5. The zero-order valence-corrected chi connectivity index (χ0v) is 15.2. The highest BCUT2D eigenvalue weighted by atomic mass is 35.5. The van der Waals surface area contributed by atoms with E-state index in [1.807, 2.05) is 0 Å². The van der Waals surface area contributed by atoms with Crippen LogP contribution in [-0.2, 0) is 4.79 Å². The lowest BCUT2D eigenvalue weighted by molar-refractivity contribution is -0.128. The van der Waals surface area contributed by atoms with Crippen molar-refractivity contribution in [2.75, 3.05) is 0 Å². The van der Waals surface area contributed by atoms with Crippen LogP contribution in [-0.4, -0.2) is 30.1 Å². The molecule has 0 radical (unpaired) electrons. The number of hydrogen-bond acceptors (Lipinski definition) is 3. The number of rotatable bonds is 4. The van der Waals surface area contributed by atoms with Crippen LogP contribution in [0.25, 0.3) is 0 Å². The second kappa shape index (κ2) is 7.93. The molecule has 4 nitrogen and oxygen atoms in total. The van der Waals surface area contributed by atoms with Gasteiger partial charge >= 0.3 is 0 Å². The van der Waals surface area contributed by atoms with Crippen molar-refractivity contribution in [2.24, 2.45) is 0 Å². The molecule has 1 aromatic carbocycles. The summed E-state index contributed by atoms with van der Waals surface area (Å²) in [5.41, 5.74) is 0. The molecule has 2 heterocycles. The summed E-state index contributed by atoms with van der Waals surface area (Å²) < 4.78 is 5.65. The highest BCUT2D eigenvalue weighted by molar-refractivity contribution is 6.35. The van der Waals surface area contributed by atoms with Crippen LogP contribution < -0.4 is 15.4 Å². The summed E-state index contributed by atoms with van der Waals surface area (Å²) in [4.78, 5) is 12.3. The monoisotopic (exact) mass is 378 g/mol. The second-order valence-corrected chi connectivity index (χ2v) is 6.99. The van der Waals surface area contributed by atoms with E-state index < -0.39 is 6.10 Å². The first-order valence-electron chi connectivity index (χ1n) is 7.69. The van der Waals surface area contributed by atoms with Crippen LogP contribution in [0.15, 0.2) is 18.2 Å². The van der Waals surface area contributed by atoms with E-state index in [4.69, 9.17) is 27.9 Å². The molecule has 3 unspecified atom stereocenters. The molecular formula is C16H21Cl3N2O2. The Morgan fingerprint density at radius 3 is 2.57 bits per heavy atom. The number of nitrogens with one attached hydrogen (secondary N) is 2. The van der Waals surface area contributed by atoms with Gasteiger partial charge in [-0.15, -0.1) is 12.4 Å². The Morgan fingerprint density at radius 1 is 1.30 bits per heavy atom. The third-order valence-corrected chi connectivity index (χ3v) is 4.92. The van der Waals surface area contributed by atoms with Gasteiger partial charge in [-0.05, 0) is 50.8 Å². The molecule has 2 bridgehead atoms. The van der Waals surface area contributed by atoms with Gasteiger partial charge in [0.15, 0.2) is 6.10 Å². The molecule has 0 spiro atoms. The lowest BCUT2D eigenvalue weighted by atomic mass is 9.99. The maximum absolute atomic E-state index is 12.3. The number of amides is 1. The summed E-state index contributed by atoms with van der Waals surface area (Å²) in [5.74, 6) is 0.372. The van der Waals surface area contributed by atoms with E-state index in [9.17, 15) is 4.79 Å². The Balaban J connectivity index is 0.00000192. The third-order valence-electron chi connectivity index (χ3n) is 4.39. The topological polar surface area (TPSA) is 50.4 Å². The molecule has 3 rings (SSSR count). The SMILES string of the molecule is CC(Oc1ccc(Cl)cc1Cl)C(=O)NC1CC2CCC(C1)N2.Cl. The van der Waals surface area contributed by atoms with Crippen molar-refractivity contribution in [3.8, 4) is 5.75 Å². The van der Waals surface area contributed by atoms with Gasteiger partial charge in [0, 0.05) is 23.1 Å². The molecule has 3 atom stereocenters. The molecule has 0 aliphatic carbocycles. The van der Waals surface area contributed by atoms with E-state index in [0.29, 0.717) is 27.9 Å². The summed E-state index contributed by atoms with van der Waals surface area (Å²) >= 11 is 11.9. The van der Waals surface area contributed by atoms with Crippen LogP contribution in [0.2, 0.25) is 10.0 Å². The fourth-order valence-electron chi connectivity index (χ4n) is 3.31. The van der Waals surface area contributed by atoms with Crippen molar-refractivity contribution < 1.29 is 9.53 Å². The predicted octanol–water partition coefficient (Wildman–Crippen LogP) is 3.58. The lowest BCUT2D eigenvalue weighted by Crippen LogP contribution is -2.50. The number of hydrogen-bond donors (Lipinski definition) is 2. The second-order valence-electron chi connectivity index (χ2n) is 6.15. The molecular weight excluding hydrogens is 359 g/mol. The normalized spacial score (nSPS) is 27.0. The van der Waals surface area contributed by atoms with Crippen LogP contribution in [0.5, 0.6) is 5.75 Å². The quantitative estimate of drug-likeness (QED) is 0.840. The van der Waals surface area contributed by atoms with Crippen molar-refractivity contribution >= 4 is 41.5 Å². The number of carbonyl (C=O) groups is 1. The Labute approximate surface area is 152 Å². The van der Waals surface area contributed by atoms with Gasteiger partial charge in [0.1, 0.15) is 5.75 Å².